The average molecular weight is 384 g/mol. The third-order valence-electron chi connectivity index (χ3n) is 4.83. The molecule has 0 bridgehead atoms. The summed E-state index contributed by atoms with van der Waals surface area (Å²) in [6.07, 6.45) is 6.12. The lowest BCUT2D eigenvalue weighted by Gasteiger charge is -2.31. The molecule has 3 rings (SSSR count). The molecule has 138 valence electrons. The fourth-order valence-electron chi connectivity index (χ4n) is 3.38. The van der Waals surface area contributed by atoms with Gasteiger partial charge < -0.3 is 0 Å². The summed E-state index contributed by atoms with van der Waals surface area (Å²) in [7, 11) is -3.24. The largest absolute Gasteiger partial charge is 0.299 e. The van der Waals surface area contributed by atoms with Crippen LogP contribution in [0.1, 0.15) is 49.1 Å². The van der Waals surface area contributed by atoms with E-state index >= 15 is 0 Å². The predicted molar refractivity (Wildman–Crippen MR) is 97.5 cm³/mol. The number of piperidine rings is 1. The number of nitrogens with zero attached hydrogens (tertiary/aromatic N) is 5. The maximum absolute atomic E-state index is 11.9. The van der Waals surface area contributed by atoms with Gasteiger partial charge in [-0.05, 0) is 39.3 Å². The molecule has 25 heavy (non-hydrogen) atoms. The minimum Gasteiger partial charge on any atom is -0.299 e. The van der Waals surface area contributed by atoms with Crippen LogP contribution in [0.3, 0.4) is 0 Å². The molecule has 0 saturated carbocycles. The first kappa shape index (κ1) is 18.5. The van der Waals surface area contributed by atoms with Gasteiger partial charge in [0.15, 0.2) is 14.0 Å². The van der Waals surface area contributed by atoms with E-state index in [0.717, 1.165) is 57.0 Å². The highest BCUT2D eigenvalue weighted by Gasteiger charge is 2.29. The second kappa shape index (κ2) is 7.51. The fourth-order valence-corrected chi connectivity index (χ4v) is 5.11. The number of aryl methyl sites for hydroxylation is 1. The molecule has 0 aliphatic carbocycles. The maximum atomic E-state index is 11.9. The summed E-state index contributed by atoms with van der Waals surface area (Å²) in [6.45, 7) is 8.01. The second-order valence-corrected chi connectivity index (χ2v) is 9.71. The minimum absolute atomic E-state index is 0.184. The molecule has 7 nitrogen and oxygen atoms in total. The molecule has 0 aromatic carbocycles. The first-order valence-electron chi connectivity index (χ1n) is 8.66. The highest BCUT2D eigenvalue weighted by molar-refractivity contribution is 7.92. The molecule has 1 aliphatic heterocycles. The standard InChI is InChI=1S/C16H25N5O2S2/c1-4-7-21-12(2)14(10-17-21)11-20-8-5-13(6-9-20)15-16(24-19-18-15)25(3,22)23/h10,13H,4-9,11H2,1-3H3. The highest BCUT2D eigenvalue weighted by Crippen LogP contribution is 2.33. The van der Waals surface area contributed by atoms with Gasteiger partial charge in [0.2, 0.25) is 0 Å². The van der Waals surface area contributed by atoms with Crippen molar-refractivity contribution in [1.82, 2.24) is 24.3 Å². The van der Waals surface area contributed by atoms with Crippen LogP contribution in [-0.2, 0) is 22.9 Å². The van der Waals surface area contributed by atoms with E-state index in [1.54, 1.807) is 0 Å². The molecule has 0 N–H and O–H groups in total. The molecule has 3 heterocycles. The highest BCUT2D eigenvalue weighted by atomic mass is 32.2. The lowest BCUT2D eigenvalue weighted by molar-refractivity contribution is 0.202. The Hall–Kier alpha value is -1.32. The lowest BCUT2D eigenvalue weighted by Crippen LogP contribution is -2.33. The van der Waals surface area contributed by atoms with Gasteiger partial charge in [0.1, 0.15) is 0 Å². The monoisotopic (exact) mass is 383 g/mol. The number of rotatable bonds is 6. The zero-order valence-corrected chi connectivity index (χ0v) is 16.6. The summed E-state index contributed by atoms with van der Waals surface area (Å²) >= 11 is 0.989. The first-order chi connectivity index (χ1) is 11.9. The topological polar surface area (TPSA) is 81.0 Å². The van der Waals surface area contributed by atoms with Gasteiger partial charge in [-0.25, -0.2) is 8.42 Å². The molecule has 1 fully saturated rings. The molecule has 2 aromatic rings. The summed E-state index contributed by atoms with van der Waals surface area (Å²) in [4.78, 5) is 2.41. The zero-order chi connectivity index (χ0) is 18.0. The van der Waals surface area contributed by atoms with Crippen molar-refractivity contribution in [3.8, 4) is 0 Å². The summed E-state index contributed by atoms with van der Waals surface area (Å²) in [5, 5.41) is 8.58. The van der Waals surface area contributed by atoms with Crippen LogP contribution in [0.25, 0.3) is 0 Å². The Bertz CT molecular complexity index is 819. The average Bonchev–Trinajstić information content (AvgIpc) is 3.18. The van der Waals surface area contributed by atoms with Gasteiger partial charge in [0, 0.05) is 48.1 Å². The van der Waals surface area contributed by atoms with Crippen LogP contribution in [0.5, 0.6) is 0 Å². The molecular weight excluding hydrogens is 358 g/mol. The van der Waals surface area contributed by atoms with E-state index in [9.17, 15) is 8.42 Å². The van der Waals surface area contributed by atoms with Crippen molar-refractivity contribution in [1.29, 1.82) is 0 Å². The van der Waals surface area contributed by atoms with Crippen molar-refractivity contribution in [3.05, 3.63) is 23.1 Å². The number of likely N-dealkylation sites (tertiary alicyclic amines) is 1. The Morgan fingerprint density at radius 1 is 1.32 bits per heavy atom. The third-order valence-corrected chi connectivity index (χ3v) is 7.38. The minimum atomic E-state index is -3.24. The van der Waals surface area contributed by atoms with Gasteiger partial charge in [0.25, 0.3) is 0 Å². The van der Waals surface area contributed by atoms with Crippen molar-refractivity contribution in [3.63, 3.8) is 0 Å². The Morgan fingerprint density at radius 3 is 2.68 bits per heavy atom. The zero-order valence-electron chi connectivity index (χ0n) is 15.0. The molecule has 0 spiro atoms. The van der Waals surface area contributed by atoms with E-state index in [1.807, 2.05) is 6.20 Å². The maximum Gasteiger partial charge on any atom is 0.188 e. The van der Waals surface area contributed by atoms with Crippen LogP contribution in [0.15, 0.2) is 10.4 Å². The summed E-state index contributed by atoms with van der Waals surface area (Å²) in [6, 6.07) is 0. The summed E-state index contributed by atoms with van der Waals surface area (Å²) in [5.74, 6) is 0.184. The quantitative estimate of drug-likeness (QED) is 0.761. The molecule has 1 aliphatic rings. The van der Waals surface area contributed by atoms with E-state index in [2.05, 4.69) is 38.1 Å². The second-order valence-electron chi connectivity index (χ2n) is 6.75. The van der Waals surface area contributed by atoms with Crippen molar-refractivity contribution in [2.24, 2.45) is 0 Å². The molecule has 1 saturated heterocycles. The van der Waals surface area contributed by atoms with Crippen molar-refractivity contribution in [2.75, 3.05) is 19.3 Å². The lowest BCUT2D eigenvalue weighted by atomic mass is 9.94. The molecular formula is C16H25N5O2S2. The Morgan fingerprint density at radius 2 is 2.04 bits per heavy atom. The van der Waals surface area contributed by atoms with Gasteiger partial charge in [-0.15, -0.1) is 5.10 Å². The number of hydrogen-bond acceptors (Lipinski definition) is 7. The molecule has 2 aromatic heterocycles. The van der Waals surface area contributed by atoms with E-state index < -0.39 is 9.84 Å². The van der Waals surface area contributed by atoms with E-state index in [-0.39, 0.29) is 5.92 Å². The fraction of sp³-hybridized carbons (Fsp3) is 0.688. The molecule has 9 heteroatoms. The van der Waals surface area contributed by atoms with Crippen LogP contribution < -0.4 is 0 Å². The SMILES string of the molecule is CCCn1ncc(CN2CCC(c3nnsc3S(C)(=O)=O)CC2)c1C. The first-order valence-corrected chi connectivity index (χ1v) is 11.3. The molecule has 0 atom stereocenters. The summed E-state index contributed by atoms with van der Waals surface area (Å²) in [5.41, 5.74) is 3.19. The smallest absolute Gasteiger partial charge is 0.188 e. The van der Waals surface area contributed by atoms with Gasteiger partial charge >= 0.3 is 0 Å². The van der Waals surface area contributed by atoms with E-state index in [1.165, 1.54) is 17.5 Å². The number of hydrogen-bond donors (Lipinski definition) is 0. The number of sulfone groups is 1. The van der Waals surface area contributed by atoms with Gasteiger partial charge in [-0.3, -0.25) is 9.58 Å². The van der Waals surface area contributed by atoms with Gasteiger partial charge in [-0.2, -0.15) is 5.10 Å². The van der Waals surface area contributed by atoms with Gasteiger partial charge in [-0.1, -0.05) is 11.4 Å². The van der Waals surface area contributed by atoms with Crippen LogP contribution in [0.2, 0.25) is 0 Å². The Labute approximate surface area is 153 Å². The van der Waals surface area contributed by atoms with Gasteiger partial charge in [0.05, 0.1) is 11.9 Å². The molecule has 0 radical (unpaired) electrons. The summed E-state index contributed by atoms with van der Waals surface area (Å²) < 4.78 is 30.0. The van der Waals surface area contributed by atoms with E-state index in [4.69, 9.17) is 0 Å². The Kier molecular flexibility index (Phi) is 5.55. The van der Waals surface area contributed by atoms with Crippen molar-refractivity contribution in [2.45, 2.75) is 56.3 Å². The van der Waals surface area contributed by atoms with Crippen molar-refractivity contribution < 1.29 is 8.42 Å². The molecule has 0 amide bonds. The van der Waals surface area contributed by atoms with E-state index in [0.29, 0.717) is 9.90 Å². The third kappa shape index (κ3) is 4.09. The normalized spacial score (nSPS) is 17.2. The molecule has 0 unspecified atom stereocenters. The predicted octanol–water partition coefficient (Wildman–Crippen LogP) is 2.24. The Balaban J connectivity index is 1.62. The van der Waals surface area contributed by atoms with Crippen LogP contribution in [0.4, 0.5) is 0 Å². The van der Waals surface area contributed by atoms with Crippen LogP contribution in [-0.4, -0.2) is 52.0 Å². The van der Waals surface area contributed by atoms with Crippen LogP contribution >= 0.6 is 11.5 Å². The number of aromatic nitrogens is 4. The van der Waals surface area contributed by atoms with Crippen molar-refractivity contribution >= 4 is 21.4 Å². The van der Waals surface area contributed by atoms with Crippen LogP contribution in [0, 0.1) is 6.92 Å².